The third-order valence-corrected chi connectivity index (χ3v) is 9.74. The van der Waals surface area contributed by atoms with Gasteiger partial charge < -0.3 is 24.0 Å². The van der Waals surface area contributed by atoms with E-state index in [1.165, 1.54) is 0 Å². The number of amidine groups is 1. The molecule has 1 unspecified atom stereocenters. The second-order valence-corrected chi connectivity index (χ2v) is 13.6. The highest BCUT2D eigenvalue weighted by atomic mass is 35.5. The predicted octanol–water partition coefficient (Wildman–Crippen LogP) is 5.60. The van der Waals surface area contributed by atoms with Crippen LogP contribution in [0.4, 0.5) is 4.79 Å². The van der Waals surface area contributed by atoms with Crippen molar-refractivity contribution in [1.29, 1.82) is 0 Å². The smallest absolute Gasteiger partial charge is 0.326 e. The maximum Gasteiger partial charge on any atom is 0.326 e. The molecule has 48 heavy (non-hydrogen) atoms. The number of aliphatic imine (C=N–C) groups is 1. The fraction of sp³-hybridized carbons (Fsp3) is 0.472. The molecule has 0 radical (unpaired) electrons. The number of rotatable bonds is 8. The Kier molecular flexibility index (Phi) is 10.9. The van der Waals surface area contributed by atoms with Crippen molar-refractivity contribution in [2.45, 2.75) is 38.5 Å². The fourth-order valence-corrected chi connectivity index (χ4v) is 6.97. The Labute approximate surface area is 292 Å². The van der Waals surface area contributed by atoms with Gasteiger partial charge in [-0.15, -0.1) is 0 Å². The van der Waals surface area contributed by atoms with E-state index < -0.39 is 6.04 Å². The maximum absolute atomic E-state index is 14.9. The Bertz CT molecular complexity index is 1560. The molecule has 10 nitrogen and oxygen atoms in total. The van der Waals surface area contributed by atoms with E-state index in [0.29, 0.717) is 98.4 Å². The summed E-state index contributed by atoms with van der Waals surface area (Å²) in [5.41, 5.74) is 1.64. The summed E-state index contributed by atoms with van der Waals surface area (Å²) in [4.78, 5) is 40.9. The van der Waals surface area contributed by atoms with Crippen LogP contribution in [0, 0.1) is 5.92 Å². The normalized spacial score (nSPS) is 23.3. The number of hydrogen-bond acceptors (Lipinski definition) is 7. The number of benzene rings is 2. The number of carbonyl (C=O) groups excluding carboxylic acids is 2. The first-order valence-corrected chi connectivity index (χ1v) is 17.4. The number of allylic oxidation sites excluding steroid dienone is 3. The van der Waals surface area contributed by atoms with E-state index in [9.17, 15) is 9.59 Å². The first kappa shape index (κ1) is 34.3. The van der Waals surface area contributed by atoms with Gasteiger partial charge in [0.05, 0.1) is 50.6 Å². The molecule has 256 valence electrons. The molecular weight excluding hydrogens is 653 g/mol. The van der Waals surface area contributed by atoms with Crippen LogP contribution in [0.25, 0.3) is 0 Å². The third-order valence-electron chi connectivity index (χ3n) is 9.20. The van der Waals surface area contributed by atoms with Crippen molar-refractivity contribution < 1.29 is 23.8 Å². The molecule has 0 bridgehead atoms. The molecule has 4 aliphatic rings. The summed E-state index contributed by atoms with van der Waals surface area (Å²) >= 11 is 12.7. The number of ether oxygens (including phenoxy) is 3. The van der Waals surface area contributed by atoms with Crippen molar-refractivity contribution in [3.8, 4) is 11.5 Å². The van der Waals surface area contributed by atoms with Gasteiger partial charge >= 0.3 is 6.03 Å². The minimum atomic E-state index is -0.417. The van der Waals surface area contributed by atoms with E-state index in [1.807, 2.05) is 83.2 Å². The number of nitrogens with zero attached hydrogens (tertiary/aromatic N) is 5. The number of morpholine rings is 1. The number of piperazine rings is 1. The van der Waals surface area contributed by atoms with Gasteiger partial charge in [0.1, 0.15) is 17.3 Å². The fourth-order valence-electron chi connectivity index (χ4n) is 6.69. The van der Waals surface area contributed by atoms with Crippen LogP contribution < -0.4 is 9.47 Å². The van der Waals surface area contributed by atoms with Crippen molar-refractivity contribution in [1.82, 2.24) is 19.6 Å². The molecule has 2 aromatic rings. The van der Waals surface area contributed by atoms with Crippen LogP contribution in [-0.4, -0.2) is 116 Å². The number of urea groups is 1. The Morgan fingerprint density at radius 2 is 1.71 bits per heavy atom. The summed E-state index contributed by atoms with van der Waals surface area (Å²) in [6.07, 6.45) is 6.58. The van der Waals surface area contributed by atoms with Crippen LogP contribution in [0.2, 0.25) is 5.02 Å². The number of carbonyl (C=O) groups is 2. The first-order valence-electron chi connectivity index (χ1n) is 16.6. The SMILES string of the molecule is COc1ccc(C2=N[C@@H](C3C=CC(Cl)=CC3)[C@@H](c3ccc(Cl)cc3)N2C(=O)N2CCN(CC(=O)N3CCOCC3)CC2)c(OC(C)C)c1. The van der Waals surface area contributed by atoms with Crippen LogP contribution in [0.5, 0.6) is 11.5 Å². The molecule has 3 heterocycles. The van der Waals surface area contributed by atoms with Crippen LogP contribution in [0.15, 0.2) is 70.7 Å². The van der Waals surface area contributed by atoms with Crippen molar-refractivity contribution >= 4 is 41.0 Å². The summed E-state index contributed by atoms with van der Waals surface area (Å²) in [5.74, 6) is 1.88. The first-order chi connectivity index (χ1) is 23.2. The average molecular weight is 697 g/mol. The number of methoxy groups -OCH3 is 1. The van der Waals surface area contributed by atoms with Gasteiger partial charge in [-0.05, 0) is 56.2 Å². The summed E-state index contributed by atoms with van der Waals surface area (Å²) in [6.45, 7) is 8.80. The van der Waals surface area contributed by atoms with Gasteiger partial charge in [0, 0.05) is 61.3 Å². The highest BCUT2D eigenvalue weighted by Gasteiger charge is 2.46. The highest BCUT2D eigenvalue weighted by Crippen LogP contribution is 2.43. The molecule has 3 atom stereocenters. The van der Waals surface area contributed by atoms with Crippen LogP contribution in [-0.2, 0) is 9.53 Å². The zero-order valence-electron chi connectivity index (χ0n) is 27.7. The van der Waals surface area contributed by atoms with Gasteiger partial charge in [-0.2, -0.15) is 0 Å². The second kappa shape index (κ2) is 15.3. The zero-order valence-corrected chi connectivity index (χ0v) is 29.2. The molecule has 2 aromatic carbocycles. The number of amides is 3. The van der Waals surface area contributed by atoms with Crippen molar-refractivity contribution in [3.05, 3.63) is 81.9 Å². The Morgan fingerprint density at radius 3 is 2.35 bits per heavy atom. The summed E-state index contributed by atoms with van der Waals surface area (Å²) in [6, 6.07) is 12.4. The lowest BCUT2D eigenvalue weighted by molar-refractivity contribution is -0.136. The molecule has 12 heteroatoms. The molecule has 0 saturated carbocycles. The highest BCUT2D eigenvalue weighted by molar-refractivity contribution is 6.31. The Balaban J connectivity index is 1.34. The topological polar surface area (TPSA) is 87.2 Å². The van der Waals surface area contributed by atoms with E-state index in [2.05, 4.69) is 11.0 Å². The van der Waals surface area contributed by atoms with Gasteiger partial charge in [-0.1, -0.05) is 47.5 Å². The van der Waals surface area contributed by atoms with Gasteiger partial charge in [0.2, 0.25) is 5.91 Å². The molecule has 3 amide bonds. The van der Waals surface area contributed by atoms with Crippen molar-refractivity contribution in [2.75, 3.05) is 66.1 Å². The number of halogens is 2. The van der Waals surface area contributed by atoms with Crippen LogP contribution in [0.1, 0.15) is 37.4 Å². The van der Waals surface area contributed by atoms with Gasteiger partial charge in [-0.25, -0.2) is 4.79 Å². The average Bonchev–Trinajstić information content (AvgIpc) is 3.49. The summed E-state index contributed by atoms with van der Waals surface area (Å²) < 4.78 is 17.3. The summed E-state index contributed by atoms with van der Waals surface area (Å²) in [7, 11) is 1.62. The minimum Gasteiger partial charge on any atom is -0.497 e. The van der Waals surface area contributed by atoms with Crippen LogP contribution in [0.3, 0.4) is 0 Å². The second-order valence-electron chi connectivity index (χ2n) is 12.7. The lowest BCUT2D eigenvalue weighted by Gasteiger charge is -2.40. The van der Waals surface area contributed by atoms with Gasteiger partial charge in [0.25, 0.3) is 0 Å². The van der Waals surface area contributed by atoms with Crippen molar-refractivity contribution in [2.24, 2.45) is 10.9 Å². The zero-order chi connectivity index (χ0) is 33.8. The quantitative estimate of drug-likeness (QED) is 0.357. The number of hydrogen-bond donors (Lipinski definition) is 0. The Morgan fingerprint density at radius 1 is 0.979 bits per heavy atom. The summed E-state index contributed by atoms with van der Waals surface area (Å²) in [5, 5.41) is 1.31. The molecule has 6 rings (SSSR count). The van der Waals surface area contributed by atoms with E-state index in [0.717, 1.165) is 5.56 Å². The van der Waals surface area contributed by atoms with E-state index in [1.54, 1.807) is 7.11 Å². The monoisotopic (exact) mass is 695 g/mol. The standard InChI is InChI=1S/C36H43Cl2N5O5/c1-24(2)48-31-22-29(46-3)12-13-30(31)35-39-33(25-4-8-27(37)9-5-25)34(26-6-10-28(38)11-7-26)43(35)36(45)42-16-14-40(15-17-42)23-32(44)41-18-20-47-21-19-41/h4,6-13,22,24-25,33-34H,5,14-21,23H2,1-3H3/t25?,33-,34+/m0/s1. The van der Waals surface area contributed by atoms with Gasteiger partial charge in [-0.3, -0.25) is 19.6 Å². The molecule has 0 aromatic heterocycles. The largest absolute Gasteiger partial charge is 0.497 e. The van der Waals surface area contributed by atoms with Crippen LogP contribution >= 0.6 is 23.2 Å². The van der Waals surface area contributed by atoms with E-state index in [4.69, 9.17) is 42.4 Å². The molecule has 0 N–H and O–H groups in total. The van der Waals surface area contributed by atoms with E-state index >= 15 is 0 Å². The lowest BCUT2D eigenvalue weighted by Crippen LogP contribution is -2.56. The molecule has 0 spiro atoms. The maximum atomic E-state index is 14.9. The molecule has 3 aliphatic heterocycles. The molecule has 2 fully saturated rings. The molecule has 2 saturated heterocycles. The van der Waals surface area contributed by atoms with Gasteiger partial charge in [0.15, 0.2) is 0 Å². The molecule has 1 aliphatic carbocycles. The minimum absolute atomic E-state index is 0.00302. The van der Waals surface area contributed by atoms with Crippen molar-refractivity contribution in [3.63, 3.8) is 0 Å². The van der Waals surface area contributed by atoms with E-state index in [-0.39, 0.29) is 30.0 Å². The predicted molar refractivity (Wildman–Crippen MR) is 187 cm³/mol. The Hall–Kier alpha value is -3.57. The molecular formula is C36H43Cl2N5O5. The lowest BCUT2D eigenvalue weighted by atomic mass is 9.85. The third kappa shape index (κ3) is 7.67.